The molecular weight excluding hydrogens is 512 g/mol. The minimum atomic E-state index is -0.635. The highest BCUT2D eigenvalue weighted by molar-refractivity contribution is 6.04. The van der Waals surface area contributed by atoms with E-state index in [-0.39, 0.29) is 24.8 Å². The van der Waals surface area contributed by atoms with Crippen LogP contribution in [0.3, 0.4) is 0 Å². The van der Waals surface area contributed by atoms with E-state index in [0.717, 1.165) is 40.8 Å². The van der Waals surface area contributed by atoms with Gasteiger partial charge in [-0.15, -0.1) is 0 Å². The van der Waals surface area contributed by atoms with Gasteiger partial charge in [-0.25, -0.2) is 0 Å². The van der Waals surface area contributed by atoms with Gasteiger partial charge in [0.05, 0.1) is 31.0 Å². The Kier molecular flexibility index (Phi) is 9.89. The first kappa shape index (κ1) is 29.2. The molecule has 0 aliphatic carbocycles. The van der Waals surface area contributed by atoms with E-state index in [1.165, 1.54) is 0 Å². The second-order valence-electron chi connectivity index (χ2n) is 10.5. The van der Waals surface area contributed by atoms with Crippen molar-refractivity contribution in [3.63, 3.8) is 0 Å². The number of para-hydroxylation sites is 1. The van der Waals surface area contributed by atoms with E-state index >= 15 is 0 Å². The van der Waals surface area contributed by atoms with E-state index in [2.05, 4.69) is 5.32 Å². The summed E-state index contributed by atoms with van der Waals surface area (Å²) in [7, 11) is 0. The number of ether oxygens (including phenoxy) is 2. The number of hydrogen-bond acceptors (Lipinski definition) is 6. The quantitative estimate of drug-likeness (QED) is 0.304. The Morgan fingerprint density at radius 1 is 1.02 bits per heavy atom. The predicted molar refractivity (Wildman–Crippen MR) is 149 cm³/mol. The first-order valence-corrected chi connectivity index (χ1v) is 13.8. The summed E-state index contributed by atoms with van der Waals surface area (Å²) in [5.74, 6) is -1.25. The number of aryl methyl sites for hydroxylation is 1. The fourth-order valence-corrected chi connectivity index (χ4v) is 5.34. The van der Waals surface area contributed by atoms with Gasteiger partial charge >= 0.3 is 0 Å². The molecule has 0 saturated heterocycles. The lowest BCUT2D eigenvalue weighted by Gasteiger charge is -2.29. The van der Waals surface area contributed by atoms with Gasteiger partial charge in [0.15, 0.2) is 0 Å². The van der Waals surface area contributed by atoms with Crippen LogP contribution >= 0.6 is 0 Å². The van der Waals surface area contributed by atoms with Gasteiger partial charge in [0.2, 0.25) is 23.6 Å². The molecule has 10 heteroatoms. The molecule has 0 aromatic heterocycles. The molecule has 0 fully saturated rings. The van der Waals surface area contributed by atoms with Crippen molar-refractivity contribution in [2.75, 3.05) is 18.1 Å². The van der Waals surface area contributed by atoms with Crippen molar-refractivity contribution in [2.45, 2.75) is 76.7 Å². The third-order valence-electron chi connectivity index (χ3n) is 7.49. The number of amides is 4. The normalized spacial score (nSPS) is 17.6. The van der Waals surface area contributed by atoms with E-state index in [0.29, 0.717) is 38.9 Å². The molecule has 2 aliphatic rings. The Labute approximate surface area is 234 Å². The van der Waals surface area contributed by atoms with Gasteiger partial charge in [0, 0.05) is 19.3 Å². The van der Waals surface area contributed by atoms with Crippen LogP contribution in [0.15, 0.2) is 42.5 Å². The van der Waals surface area contributed by atoms with Crippen molar-refractivity contribution < 1.29 is 28.7 Å². The van der Waals surface area contributed by atoms with Gasteiger partial charge in [-0.2, -0.15) is 0 Å². The Morgan fingerprint density at radius 2 is 1.75 bits per heavy atom. The van der Waals surface area contributed by atoms with E-state index in [1.54, 1.807) is 4.90 Å². The lowest BCUT2D eigenvalue weighted by molar-refractivity contribution is -0.128. The number of carbonyl (C=O) groups excluding carboxylic acids is 4. The van der Waals surface area contributed by atoms with Crippen molar-refractivity contribution in [1.29, 1.82) is 0 Å². The summed E-state index contributed by atoms with van der Waals surface area (Å²) in [6, 6.07) is 12.7. The molecule has 2 heterocycles. The van der Waals surface area contributed by atoms with Crippen molar-refractivity contribution in [1.82, 2.24) is 5.32 Å². The molecule has 2 aromatic carbocycles. The van der Waals surface area contributed by atoms with Crippen LogP contribution in [0.5, 0.6) is 0 Å². The topological polar surface area (TPSA) is 154 Å². The SMILES string of the molecule is C[C@@H](OCc1ccc(CCOCC(N)=O)cc1)[C@H](CCC(N)=O)NC(=O)[C@@H]1Cc2cccc3c2N1C(=O)CCC3. The number of hydrogen-bond donors (Lipinski definition) is 3. The van der Waals surface area contributed by atoms with Crippen molar-refractivity contribution in [3.05, 3.63) is 64.7 Å². The summed E-state index contributed by atoms with van der Waals surface area (Å²) in [6.07, 6.45) is 3.10. The van der Waals surface area contributed by atoms with E-state index in [9.17, 15) is 19.2 Å². The molecule has 0 radical (unpaired) electrons. The number of primary amides is 2. The molecule has 2 aromatic rings. The highest BCUT2D eigenvalue weighted by Gasteiger charge is 2.41. The summed E-state index contributed by atoms with van der Waals surface area (Å²) in [6.45, 7) is 2.47. The molecule has 0 saturated carbocycles. The molecule has 4 amide bonds. The number of benzene rings is 2. The Bertz CT molecular complexity index is 1230. The molecule has 0 spiro atoms. The van der Waals surface area contributed by atoms with Gasteiger partial charge < -0.3 is 26.3 Å². The Balaban J connectivity index is 1.37. The fraction of sp³-hybridized carbons (Fsp3) is 0.467. The van der Waals surface area contributed by atoms with Gasteiger partial charge in [-0.1, -0.05) is 42.5 Å². The number of carbonyl (C=O) groups is 4. The highest BCUT2D eigenvalue weighted by atomic mass is 16.5. The van der Waals surface area contributed by atoms with Crippen LogP contribution in [-0.2, 0) is 54.5 Å². The minimum absolute atomic E-state index is 0.0373. The lowest BCUT2D eigenvalue weighted by Crippen LogP contribution is -2.53. The average molecular weight is 551 g/mol. The summed E-state index contributed by atoms with van der Waals surface area (Å²) >= 11 is 0. The molecule has 4 rings (SSSR count). The van der Waals surface area contributed by atoms with Crippen LogP contribution < -0.4 is 21.7 Å². The molecule has 0 bridgehead atoms. The zero-order valence-electron chi connectivity index (χ0n) is 22.9. The minimum Gasteiger partial charge on any atom is -0.372 e. The monoisotopic (exact) mass is 550 g/mol. The number of nitrogens with zero attached hydrogens (tertiary/aromatic N) is 1. The van der Waals surface area contributed by atoms with Crippen molar-refractivity contribution in [3.8, 4) is 0 Å². The van der Waals surface area contributed by atoms with Gasteiger partial charge in [-0.3, -0.25) is 24.1 Å². The van der Waals surface area contributed by atoms with E-state index in [1.807, 2.05) is 49.4 Å². The largest absolute Gasteiger partial charge is 0.372 e. The third kappa shape index (κ3) is 7.45. The standard InChI is InChI=1S/C30H38N4O6/c1-19(40-17-21-10-8-20(9-11-21)14-15-39-18-27(32)36)24(12-13-26(31)35)33-30(38)25-16-23-6-2-4-22-5-3-7-28(37)34(25)29(22)23/h2,4,6,8-11,19,24-25H,3,5,7,12-18H2,1H3,(H2,31,35)(H2,32,36)(H,33,38)/t19-,24+,25+/m1/s1. The smallest absolute Gasteiger partial charge is 0.243 e. The van der Waals surface area contributed by atoms with Crippen LogP contribution in [-0.4, -0.2) is 55.0 Å². The maximum Gasteiger partial charge on any atom is 0.243 e. The lowest BCUT2D eigenvalue weighted by atomic mass is 10.0. The van der Waals surface area contributed by atoms with E-state index < -0.39 is 30.0 Å². The molecule has 3 atom stereocenters. The Morgan fingerprint density at radius 3 is 2.48 bits per heavy atom. The summed E-state index contributed by atoms with van der Waals surface area (Å²) in [5, 5.41) is 3.07. The Hall–Kier alpha value is -3.76. The van der Waals surface area contributed by atoms with Crippen LogP contribution in [0.4, 0.5) is 5.69 Å². The first-order chi connectivity index (χ1) is 19.2. The summed E-state index contributed by atoms with van der Waals surface area (Å²) in [5.41, 5.74) is 15.5. The van der Waals surface area contributed by atoms with Gasteiger partial charge in [0.25, 0.3) is 0 Å². The zero-order chi connectivity index (χ0) is 28.6. The number of nitrogens with two attached hydrogens (primary N) is 2. The molecule has 5 N–H and O–H groups in total. The molecule has 10 nitrogen and oxygen atoms in total. The third-order valence-corrected chi connectivity index (χ3v) is 7.49. The molecule has 40 heavy (non-hydrogen) atoms. The fourth-order valence-electron chi connectivity index (χ4n) is 5.34. The highest BCUT2D eigenvalue weighted by Crippen LogP contribution is 2.39. The summed E-state index contributed by atoms with van der Waals surface area (Å²) < 4.78 is 11.3. The molecule has 2 aliphatic heterocycles. The number of anilines is 1. The number of nitrogens with one attached hydrogen (secondary N) is 1. The van der Waals surface area contributed by atoms with E-state index in [4.69, 9.17) is 20.9 Å². The summed E-state index contributed by atoms with van der Waals surface area (Å²) in [4.78, 5) is 50.6. The van der Waals surface area contributed by atoms with Crippen LogP contribution in [0, 0.1) is 0 Å². The molecular formula is C30H38N4O6. The second-order valence-corrected chi connectivity index (χ2v) is 10.5. The van der Waals surface area contributed by atoms with Crippen molar-refractivity contribution in [2.24, 2.45) is 11.5 Å². The maximum atomic E-state index is 13.6. The van der Waals surface area contributed by atoms with Crippen LogP contribution in [0.25, 0.3) is 0 Å². The maximum absolute atomic E-state index is 13.6. The first-order valence-electron chi connectivity index (χ1n) is 13.8. The van der Waals surface area contributed by atoms with Crippen LogP contribution in [0.1, 0.15) is 54.9 Å². The van der Waals surface area contributed by atoms with Crippen LogP contribution in [0.2, 0.25) is 0 Å². The molecule has 214 valence electrons. The molecule has 0 unspecified atom stereocenters. The predicted octanol–water partition coefficient (Wildman–Crippen LogP) is 1.68. The average Bonchev–Trinajstić information content (AvgIpc) is 3.24. The van der Waals surface area contributed by atoms with Gasteiger partial charge in [-0.05, 0) is 54.9 Å². The van der Waals surface area contributed by atoms with Gasteiger partial charge in [0.1, 0.15) is 12.6 Å². The zero-order valence-corrected chi connectivity index (χ0v) is 22.9. The second kappa shape index (κ2) is 13.5. The number of rotatable bonds is 14. The van der Waals surface area contributed by atoms with Crippen molar-refractivity contribution >= 4 is 29.3 Å².